The predicted octanol–water partition coefficient (Wildman–Crippen LogP) is 2.56. The topological polar surface area (TPSA) is 6.48 Å². The lowest BCUT2D eigenvalue weighted by atomic mass is 9.91. The van der Waals surface area contributed by atoms with Gasteiger partial charge in [0.2, 0.25) is 0 Å². The molecule has 88 valence electrons. The van der Waals surface area contributed by atoms with Crippen molar-refractivity contribution in [3.63, 3.8) is 0 Å². The Kier molecular flexibility index (Phi) is 3.49. The monoisotopic (exact) mass is 218 g/mol. The second-order valence-corrected chi connectivity index (χ2v) is 5.09. The third-order valence-corrected chi connectivity index (χ3v) is 3.51. The van der Waals surface area contributed by atoms with Gasteiger partial charge in [-0.05, 0) is 50.0 Å². The van der Waals surface area contributed by atoms with E-state index in [-0.39, 0.29) is 0 Å². The highest BCUT2D eigenvalue weighted by molar-refractivity contribution is 5.46. The lowest BCUT2D eigenvalue weighted by Crippen LogP contribution is -2.30. The molecule has 1 aliphatic heterocycles. The van der Waals surface area contributed by atoms with E-state index in [2.05, 4.69) is 55.2 Å². The average Bonchev–Trinajstić information content (AvgIpc) is 2.29. The van der Waals surface area contributed by atoms with Gasteiger partial charge in [-0.3, -0.25) is 0 Å². The molecule has 0 N–H and O–H groups in total. The number of hydrogen-bond acceptors (Lipinski definition) is 2. The van der Waals surface area contributed by atoms with E-state index in [9.17, 15) is 0 Å². The van der Waals surface area contributed by atoms with E-state index >= 15 is 0 Å². The van der Waals surface area contributed by atoms with Gasteiger partial charge in [0.1, 0.15) is 0 Å². The number of benzene rings is 1. The Hall–Kier alpha value is -1.02. The van der Waals surface area contributed by atoms with Crippen molar-refractivity contribution in [1.29, 1.82) is 0 Å². The van der Waals surface area contributed by atoms with Crippen LogP contribution in [-0.2, 0) is 0 Å². The summed E-state index contributed by atoms with van der Waals surface area (Å²) in [5.41, 5.74) is 2.78. The van der Waals surface area contributed by atoms with Crippen LogP contribution in [0.3, 0.4) is 0 Å². The number of anilines is 1. The first-order chi connectivity index (χ1) is 7.66. The Balaban J connectivity index is 2.09. The van der Waals surface area contributed by atoms with Gasteiger partial charge in [-0.2, -0.15) is 0 Å². The molecule has 0 saturated carbocycles. The Morgan fingerprint density at radius 2 is 1.88 bits per heavy atom. The first-order valence-electron chi connectivity index (χ1n) is 6.12. The summed E-state index contributed by atoms with van der Waals surface area (Å²) in [6.45, 7) is 2.47. The molecule has 2 nitrogen and oxygen atoms in total. The summed E-state index contributed by atoms with van der Waals surface area (Å²) in [6, 6.07) is 9.03. The van der Waals surface area contributed by atoms with E-state index in [0.29, 0.717) is 0 Å². The van der Waals surface area contributed by atoms with Crippen LogP contribution in [0.1, 0.15) is 24.3 Å². The van der Waals surface area contributed by atoms with E-state index in [4.69, 9.17) is 0 Å². The number of piperidine rings is 1. The predicted molar refractivity (Wildman–Crippen MR) is 70.2 cm³/mol. The number of nitrogens with zero attached hydrogens (tertiary/aromatic N) is 2. The van der Waals surface area contributed by atoms with Crippen LogP contribution in [0.5, 0.6) is 0 Å². The molecular weight excluding hydrogens is 196 g/mol. The van der Waals surface area contributed by atoms with Crippen molar-refractivity contribution in [1.82, 2.24) is 4.90 Å². The van der Waals surface area contributed by atoms with Crippen LogP contribution >= 0.6 is 0 Å². The fraction of sp³-hybridized carbons (Fsp3) is 0.571. The van der Waals surface area contributed by atoms with Gasteiger partial charge >= 0.3 is 0 Å². The molecule has 16 heavy (non-hydrogen) atoms. The third-order valence-electron chi connectivity index (χ3n) is 3.51. The number of rotatable bonds is 2. The molecule has 1 fully saturated rings. The minimum Gasteiger partial charge on any atom is -0.378 e. The molecule has 0 aliphatic carbocycles. The van der Waals surface area contributed by atoms with Crippen molar-refractivity contribution < 1.29 is 0 Å². The van der Waals surface area contributed by atoms with Crippen LogP contribution in [-0.4, -0.2) is 39.1 Å². The SMILES string of the molecule is CN1CCCC(c2ccc(N(C)C)cc2)C1. The second-order valence-electron chi connectivity index (χ2n) is 5.09. The lowest BCUT2D eigenvalue weighted by molar-refractivity contribution is 0.251. The first-order valence-corrected chi connectivity index (χ1v) is 6.12. The van der Waals surface area contributed by atoms with Crippen LogP contribution in [0, 0.1) is 0 Å². The van der Waals surface area contributed by atoms with Crippen molar-refractivity contribution >= 4 is 5.69 Å². The van der Waals surface area contributed by atoms with Crippen LogP contribution in [0.15, 0.2) is 24.3 Å². The van der Waals surface area contributed by atoms with Gasteiger partial charge in [-0.15, -0.1) is 0 Å². The fourth-order valence-electron chi connectivity index (χ4n) is 2.48. The molecule has 2 rings (SSSR count). The smallest absolute Gasteiger partial charge is 0.0361 e. The Labute approximate surface area is 98.9 Å². The van der Waals surface area contributed by atoms with Crippen LogP contribution in [0.4, 0.5) is 5.69 Å². The summed E-state index contributed by atoms with van der Waals surface area (Å²) in [7, 11) is 6.40. The maximum atomic E-state index is 2.44. The fourth-order valence-corrected chi connectivity index (χ4v) is 2.48. The molecule has 0 spiro atoms. The van der Waals surface area contributed by atoms with E-state index in [1.807, 2.05) is 0 Å². The molecule has 0 radical (unpaired) electrons. The maximum Gasteiger partial charge on any atom is 0.0361 e. The van der Waals surface area contributed by atoms with Crippen molar-refractivity contribution in [3.05, 3.63) is 29.8 Å². The standard InChI is InChI=1S/C14H22N2/c1-15(2)14-8-6-12(7-9-14)13-5-4-10-16(3)11-13/h6-9,13H,4-5,10-11H2,1-3H3. The molecule has 2 heteroatoms. The summed E-state index contributed by atoms with van der Waals surface area (Å²) >= 11 is 0. The van der Waals surface area contributed by atoms with E-state index in [0.717, 1.165) is 5.92 Å². The molecule has 1 saturated heterocycles. The normalized spacial score (nSPS) is 22.1. The lowest BCUT2D eigenvalue weighted by Gasteiger charge is -2.30. The summed E-state index contributed by atoms with van der Waals surface area (Å²) in [5.74, 6) is 0.731. The Bertz CT molecular complexity index is 329. The highest BCUT2D eigenvalue weighted by Gasteiger charge is 2.18. The van der Waals surface area contributed by atoms with Crippen molar-refractivity contribution in [2.45, 2.75) is 18.8 Å². The van der Waals surface area contributed by atoms with Gasteiger partial charge in [0, 0.05) is 26.3 Å². The van der Waals surface area contributed by atoms with Crippen LogP contribution in [0.25, 0.3) is 0 Å². The molecular formula is C14H22N2. The summed E-state index contributed by atoms with van der Waals surface area (Å²) in [4.78, 5) is 4.59. The quantitative estimate of drug-likeness (QED) is 0.753. The van der Waals surface area contributed by atoms with Crippen molar-refractivity contribution in [2.24, 2.45) is 0 Å². The van der Waals surface area contributed by atoms with E-state index < -0.39 is 0 Å². The minimum absolute atomic E-state index is 0.731. The van der Waals surface area contributed by atoms with E-state index in [1.165, 1.54) is 37.2 Å². The Morgan fingerprint density at radius 1 is 1.19 bits per heavy atom. The third kappa shape index (κ3) is 2.56. The van der Waals surface area contributed by atoms with Gasteiger partial charge in [0.25, 0.3) is 0 Å². The first kappa shape index (κ1) is 11.5. The number of likely N-dealkylation sites (N-methyl/N-ethyl adjacent to an activating group) is 1. The van der Waals surface area contributed by atoms with Gasteiger partial charge in [-0.1, -0.05) is 12.1 Å². The second kappa shape index (κ2) is 4.88. The summed E-state index contributed by atoms with van der Waals surface area (Å²) < 4.78 is 0. The molecule has 0 bridgehead atoms. The molecule has 1 heterocycles. The number of likely N-dealkylation sites (tertiary alicyclic amines) is 1. The van der Waals surface area contributed by atoms with Crippen molar-refractivity contribution in [3.8, 4) is 0 Å². The number of hydrogen-bond donors (Lipinski definition) is 0. The van der Waals surface area contributed by atoms with E-state index in [1.54, 1.807) is 0 Å². The molecule has 0 amide bonds. The highest BCUT2D eigenvalue weighted by atomic mass is 15.1. The van der Waals surface area contributed by atoms with Gasteiger partial charge < -0.3 is 9.80 Å². The zero-order valence-corrected chi connectivity index (χ0v) is 10.6. The highest BCUT2D eigenvalue weighted by Crippen LogP contribution is 2.27. The summed E-state index contributed by atoms with van der Waals surface area (Å²) in [5, 5.41) is 0. The molecule has 0 aromatic heterocycles. The molecule has 1 aromatic rings. The zero-order valence-electron chi connectivity index (χ0n) is 10.6. The van der Waals surface area contributed by atoms with Gasteiger partial charge in [0.15, 0.2) is 0 Å². The summed E-state index contributed by atoms with van der Waals surface area (Å²) in [6.07, 6.45) is 2.67. The minimum atomic E-state index is 0.731. The van der Waals surface area contributed by atoms with Crippen LogP contribution < -0.4 is 4.90 Å². The van der Waals surface area contributed by atoms with Crippen LogP contribution in [0.2, 0.25) is 0 Å². The molecule has 1 aromatic carbocycles. The molecule has 1 atom stereocenters. The average molecular weight is 218 g/mol. The maximum absolute atomic E-state index is 2.44. The van der Waals surface area contributed by atoms with Gasteiger partial charge in [-0.25, -0.2) is 0 Å². The largest absolute Gasteiger partial charge is 0.378 e. The zero-order chi connectivity index (χ0) is 11.5. The van der Waals surface area contributed by atoms with Crippen molar-refractivity contribution in [2.75, 3.05) is 39.1 Å². The molecule has 1 aliphatic rings. The molecule has 1 unspecified atom stereocenters. The van der Waals surface area contributed by atoms with Gasteiger partial charge in [0.05, 0.1) is 0 Å². The Morgan fingerprint density at radius 3 is 2.44 bits per heavy atom.